The standard InChI is InChI=1S/C20H23FN2O3/c1-4-25-19-10-14-9-12(2)26-18(14)11-17(19)22-13(3)20(24)23-16-7-5-15(21)6-8-16/h5-8,10-13,22H,4,9H2,1-3H3,(H,23,24)/t12-,13+/m1/s1. The molecule has 0 bridgehead atoms. The maximum absolute atomic E-state index is 13.0. The number of amides is 1. The Morgan fingerprint density at radius 1 is 1.35 bits per heavy atom. The topological polar surface area (TPSA) is 59.6 Å². The monoisotopic (exact) mass is 358 g/mol. The molecule has 0 saturated carbocycles. The second-order valence-corrected chi connectivity index (χ2v) is 6.38. The highest BCUT2D eigenvalue weighted by atomic mass is 19.1. The minimum Gasteiger partial charge on any atom is -0.492 e. The fourth-order valence-electron chi connectivity index (χ4n) is 2.91. The van der Waals surface area contributed by atoms with Crippen LogP contribution in [0.1, 0.15) is 26.3 Å². The molecule has 0 aromatic heterocycles. The van der Waals surface area contributed by atoms with Crippen LogP contribution in [0.2, 0.25) is 0 Å². The first-order chi connectivity index (χ1) is 12.5. The van der Waals surface area contributed by atoms with Crippen molar-refractivity contribution in [3.05, 3.63) is 47.8 Å². The van der Waals surface area contributed by atoms with E-state index in [4.69, 9.17) is 9.47 Å². The Kier molecular flexibility index (Phi) is 5.30. The van der Waals surface area contributed by atoms with Gasteiger partial charge in [-0.1, -0.05) is 0 Å². The Labute approximate surface area is 152 Å². The number of nitrogens with one attached hydrogen (secondary N) is 2. The summed E-state index contributed by atoms with van der Waals surface area (Å²) in [5.74, 6) is 0.941. The third-order valence-corrected chi connectivity index (χ3v) is 4.18. The summed E-state index contributed by atoms with van der Waals surface area (Å²) in [5, 5.41) is 5.94. The van der Waals surface area contributed by atoms with Crippen LogP contribution in [-0.2, 0) is 11.2 Å². The van der Waals surface area contributed by atoms with Gasteiger partial charge in [-0.25, -0.2) is 4.39 Å². The number of rotatable bonds is 6. The molecule has 1 heterocycles. The molecule has 0 radical (unpaired) electrons. The molecule has 0 spiro atoms. The van der Waals surface area contributed by atoms with Gasteiger partial charge in [-0.15, -0.1) is 0 Å². The fraction of sp³-hybridized carbons (Fsp3) is 0.350. The van der Waals surface area contributed by atoms with E-state index in [1.165, 1.54) is 24.3 Å². The van der Waals surface area contributed by atoms with E-state index >= 15 is 0 Å². The lowest BCUT2D eigenvalue weighted by Gasteiger charge is -2.19. The fourth-order valence-corrected chi connectivity index (χ4v) is 2.91. The van der Waals surface area contributed by atoms with Crippen LogP contribution in [0.15, 0.2) is 36.4 Å². The summed E-state index contributed by atoms with van der Waals surface area (Å²) in [6.07, 6.45) is 0.977. The minimum absolute atomic E-state index is 0.133. The lowest BCUT2D eigenvalue weighted by molar-refractivity contribution is -0.116. The van der Waals surface area contributed by atoms with Gasteiger partial charge >= 0.3 is 0 Å². The highest BCUT2D eigenvalue weighted by molar-refractivity contribution is 5.96. The van der Waals surface area contributed by atoms with Gasteiger partial charge in [0, 0.05) is 23.7 Å². The molecule has 1 amide bonds. The molecule has 2 N–H and O–H groups in total. The molecule has 5 nitrogen and oxygen atoms in total. The zero-order chi connectivity index (χ0) is 18.7. The molecular weight excluding hydrogens is 335 g/mol. The maximum atomic E-state index is 13.0. The quantitative estimate of drug-likeness (QED) is 0.820. The third kappa shape index (κ3) is 4.07. The van der Waals surface area contributed by atoms with Crippen molar-refractivity contribution in [1.82, 2.24) is 0 Å². The molecule has 138 valence electrons. The Hall–Kier alpha value is -2.76. The summed E-state index contributed by atoms with van der Waals surface area (Å²) in [7, 11) is 0. The Bertz CT molecular complexity index is 792. The van der Waals surface area contributed by atoms with Gasteiger partial charge in [0.2, 0.25) is 5.91 Å². The van der Waals surface area contributed by atoms with Crippen molar-refractivity contribution < 1.29 is 18.7 Å². The number of ether oxygens (including phenoxy) is 2. The molecule has 26 heavy (non-hydrogen) atoms. The van der Waals surface area contributed by atoms with Crippen LogP contribution in [-0.4, -0.2) is 24.7 Å². The molecule has 0 aliphatic carbocycles. The zero-order valence-electron chi connectivity index (χ0n) is 15.1. The van der Waals surface area contributed by atoms with Gasteiger partial charge in [-0.2, -0.15) is 0 Å². The number of hydrogen-bond donors (Lipinski definition) is 2. The van der Waals surface area contributed by atoms with Gasteiger partial charge in [0.05, 0.1) is 12.3 Å². The normalized spacial score (nSPS) is 16.4. The predicted octanol–water partition coefficient (Wildman–Crippen LogP) is 3.99. The molecule has 1 aliphatic heterocycles. The van der Waals surface area contributed by atoms with Crippen LogP contribution < -0.4 is 20.1 Å². The van der Waals surface area contributed by atoms with Gasteiger partial charge in [0.15, 0.2) is 0 Å². The molecule has 0 fully saturated rings. The van der Waals surface area contributed by atoms with Crippen LogP contribution in [0.4, 0.5) is 15.8 Å². The van der Waals surface area contributed by atoms with Gasteiger partial charge in [0.25, 0.3) is 0 Å². The number of carbonyl (C=O) groups is 1. The Morgan fingerprint density at radius 2 is 2.08 bits per heavy atom. The summed E-state index contributed by atoms with van der Waals surface area (Å²) in [4.78, 5) is 12.4. The highest BCUT2D eigenvalue weighted by Crippen LogP contribution is 2.38. The molecule has 2 aromatic carbocycles. The van der Waals surface area contributed by atoms with E-state index in [1.54, 1.807) is 6.92 Å². The van der Waals surface area contributed by atoms with Gasteiger partial charge < -0.3 is 20.1 Å². The summed E-state index contributed by atoms with van der Waals surface area (Å²) < 4.78 is 24.5. The summed E-state index contributed by atoms with van der Waals surface area (Å²) in [6, 6.07) is 8.99. The van der Waals surface area contributed by atoms with Crippen LogP contribution in [0.3, 0.4) is 0 Å². The van der Waals surface area contributed by atoms with Crippen molar-refractivity contribution >= 4 is 17.3 Å². The Balaban J connectivity index is 1.73. The van der Waals surface area contributed by atoms with Gasteiger partial charge in [-0.3, -0.25) is 4.79 Å². The van der Waals surface area contributed by atoms with Crippen LogP contribution in [0, 0.1) is 5.82 Å². The molecule has 2 aromatic rings. The number of fused-ring (bicyclic) bond motifs is 1. The lowest BCUT2D eigenvalue weighted by atomic mass is 10.1. The van der Waals surface area contributed by atoms with Crippen molar-refractivity contribution in [3.8, 4) is 11.5 Å². The molecule has 0 unspecified atom stereocenters. The van der Waals surface area contributed by atoms with Crippen molar-refractivity contribution in [3.63, 3.8) is 0 Å². The second-order valence-electron chi connectivity index (χ2n) is 6.38. The highest BCUT2D eigenvalue weighted by Gasteiger charge is 2.23. The second kappa shape index (κ2) is 7.64. The summed E-state index contributed by atoms with van der Waals surface area (Å²) >= 11 is 0. The van der Waals surface area contributed by atoms with E-state index in [-0.39, 0.29) is 17.8 Å². The lowest BCUT2D eigenvalue weighted by Crippen LogP contribution is -2.32. The SMILES string of the molecule is CCOc1cc2c(cc1N[C@@H](C)C(=O)Nc1ccc(F)cc1)O[C@H](C)C2. The van der Waals surface area contributed by atoms with E-state index in [0.29, 0.717) is 23.7 Å². The number of hydrogen-bond acceptors (Lipinski definition) is 4. The first-order valence-corrected chi connectivity index (χ1v) is 8.75. The van der Waals surface area contributed by atoms with E-state index in [1.807, 2.05) is 26.0 Å². The van der Waals surface area contributed by atoms with E-state index in [0.717, 1.165) is 17.7 Å². The van der Waals surface area contributed by atoms with Crippen molar-refractivity contribution in [2.75, 3.05) is 17.2 Å². The number of carbonyl (C=O) groups excluding carboxylic acids is 1. The number of halogens is 1. The minimum atomic E-state index is -0.517. The van der Waals surface area contributed by atoms with E-state index in [9.17, 15) is 9.18 Å². The molecule has 1 aliphatic rings. The molecule has 3 rings (SSSR count). The average molecular weight is 358 g/mol. The summed E-state index contributed by atoms with van der Waals surface area (Å²) in [6.45, 7) is 6.22. The first-order valence-electron chi connectivity index (χ1n) is 8.75. The van der Waals surface area contributed by atoms with Crippen molar-refractivity contribution in [2.45, 2.75) is 39.3 Å². The number of anilines is 2. The van der Waals surface area contributed by atoms with Gasteiger partial charge in [-0.05, 0) is 51.1 Å². The Morgan fingerprint density at radius 3 is 2.77 bits per heavy atom. The average Bonchev–Trinajstić information content (AvgIpc) is 2.96. The third-order valence-electron chi connectivity index (χ3n) is 4.18. The largest absolute Gasteiger partial charge is 0.492 e. The molecule has 2 atom stereocenters. The van der Waals surface area contributed by atoms with Gasteiger partial charge in [0.1, 0.15) is 29.5 Å². The van der Waals surface area contributed by atoms with Crippen molar-refractivity contribution in [1.29, 1.82) is 0 Å². The zero-order valence-corrected chi connectivity index (χ0v) is 15.1. The molecule has 0 saturated heterocycles. The van der Waals surface area contributed by atoms with Crippen molar-refractivity contribution in [2.24, 2.45) is 0 Å². The maximum Gasteiger partial charge on any atom is 0.246 e. The predicted molar refractivity (Wildman–Crippen MR) is 99.5 cm³/mol. The first kappa shape index (κ1) is 18.0. The van der Waals surface area contributed by atoms with Crippen LogP contribution in [0.25, 0.3) is 0 Å². The van der Waals surface area contributed by atoms with E-state index in [2.05, 4.69) is 10.6 Å². The number of benzene rings is 2. The van der Waals surface area contributed by atoms with Crippen LogP contribution in [0.5, 0.6) is 11.5 Å². The van der Waals surface area contributed by atoms with E-state index < -0.39 is 6.04 Å². The van der Waals surface area contributed by atoms with Crippen LogP contribution >= 0.6 is 0 Å². The summed E-state index contributed by atoms with van der Waals surface area (Å²) in [5.41, 5.74) is 2.36. The smallest absolute Gasteiger partial charge is 0.246 e. The molecule has 6 heteroatoms. The molecular formula is C20H23FN2O3.